The lowest BCUT2D eigenvalue weighted by atomic mass is 9.80. The zero-order valence-corrected chi connectivity index (χ0v) is 14.0. The topological polar surface area (TPSA) is 69.4 Å². The number of rotatable bonds is 3. The molecule has 4 nitrogen and oxygen atoms in total. The maximum atomic E-state index is 11.5. The van der Waals surface area contributed by atoms with Crippen molar-refractivity contribution in [1.29, 1.82) is 0 Å². The smallest absolute Gasteiger partial charge is 0.238 e. The van der Waals surface area contributed by atoms with Gasteiger partial charge in [0.1, 0.15) is 5.75 Å². The molecule has 3 unspecified atom stereocenters. The van der Waals surface area contributed by atoms with Gasteiger partial charge in [-0.2, -0.15) is 0 Å². The first-order chi connectivity index (χ1) is 9.70. The normalized spacial score (nSPS) is 26.6. The Morgan fingerprint density at radius 1 is 1.10 bits per heavy atom. The summed E-state index contributed by atoms with van der Waals surface area (Å²) in [5, 5.41) is 5.23. The Kier molecular flexibility index (Phi) is 4.63. The number of benzene rings is 1. The molecule has 21 heavy (non-hydrogen) atoms. The molecule has 1 aliphatic rings. The molecule has 1 saturated carbocycles. The molecule has 0 aromatic heterocycles. The minimum Gasteiger partial charge on any atom is -0.490 e. The molecule has 1 fully saturated rings. The maximum Gasteiger partial charge on any atom is 0.238 e. The largest absolute Gasteiger partial charge is 0.490 e. The number of hydrogen-bond donors (Lipinski definition) is 1. The second-order valence-electron chi connectivity index (χ2n) is 6.36. The Bertz CT molecular complexity index is 625. The van der Waals surface area contributed by atoms with E-state index in [2.05, 4.69) is 13.8 Å². The van der Waals surface area contributed by atoms with Crippen LogP contribution in [0.4, 0.5) is 0 Å². The molecule has 0 heterocycles. The van der Waals surface area contributed by atoms with Crippen LogP contribution in [-0.2, 0) is 10.0 Å². The van der Waals surface area contributed by atoms with E-state index >= 15 is 0 Å². The lowest BCUT2D eigenvalue weighted by Crippen LogP contribution is -2.29. The first-order valence-electron chi connectivity index (χ1n) is 7.49. The Labute approximate surface area is 127 Å². The van der Waals surface area contributed by atoms with Crippen molar-refractivity contribution in [3.63, 3.8) is 0 Å². The molecule has 0 spiro atoms. The maximum absolute atomic E-state index is 11.5. The van der Waals surface area contributed by atoms with Crippen molar-refractivity contribution >= 4 is 10.0 Å². The van der Waals surface area contributed by atoms with E-state index in [9.17, 15) is 8.42 Å². The average molecular weight is 311 g/mol. The zero-order chi connectivity index (χ0) is 15.8. The van der Waals surface area contributed by atoms with Gasteiger partial charge in [0.15, 0.2) is 0 Å². The first-order valence-corrected chi connectivity index (χ1v) is 9.04. The second kappa shape index (κ2) is 5.97. The summed E-state index contributed by atoms with van der Waals surface area (Å²) in [6.45, 7) is 8.21. The van der Waals surface area contributed by atoms with Gasteiger partial charge in [0.05, 0.1) is 11.0 Å². The lowest BCUT2D eigenvalue weighted by Gasteiger charge is -2.32. The highest BCUT2D eigenvalue weighted by Crippen LogP contribution is 2.34. The standard InChI is InChI=1S/C16H25NO3S/c1-10-5-6-14(9-11(10)2)20-15-7-8-16(21(17,18)19)13(4)12(15)3/h7-8,10-11,14H,5-6,9H2,1-4H3,(H2,17,18,19). The fourth-order valence-electron chi connectivity index (χ4n) is 2.99. The van der Waals surface area contributed by atoms with Crippen LogP contribution >= 0.6 is 0 Å². The van der Waals surface area contributed by atoms with Crippen LogP contribution in [0, 0.1) is 25.7 Å². The third kappa shape index (κ3) is 3.58. The van der Waals surface area contributed by atoms with Crippen molar-refractivity contribution in [1.82, 2.24) is 0 Å². The molecule has 0 aliphatic heterocycles. The van der Waals surface area contributed by atoms with E-state index in [1.165, 1.54) is 6.42 Å². The minimum absolute atomic E-state index is 0.179. The van der Waals surface area contributed by atoms with Crippen LogP contribution in [0.3, 0.4) is 0 Å². The van der Waals surface area contributed by atoms with Crippen molar-refractivity contribution in [3.05, 3.63) is 23.3 Å². The Hall–Kier alpha value is -1.07. The fourth-order valence-corrected chi connectivity index (χ4v) is 3.83. The van der Waals surface area contributed by atoms with Gasteiger partial charge in [-0.3, -0.25) is 0 Å². The van der Waals surface area contributed by atoms with Gasteiger partial charge in [0, 0.05) is 0 Å². The van der Waals surface area contributed by atoms with Crippen LogP contribution in [0.25, 0.3) is 0 Å². The third-order valence-electron chi connectivity index (χ3n) is 4.84. The zero-order valence-electron chi connectivity index (χ0n) is 13.2. The third-order valence-corrected chi connectivity index (χ3v) is 5.89. The monoisotopic (exact) mass is 311 g/mol. The molecule has 118 valence electrons. The molecule has 0 bridgehead atoms. The molecule has 1 aliphatic carbocycles. The molecule has 2 N–H and O–H groups in total. The van der Waals surface area contributed by atoms with Gasteiger partial charge in [-0.05, 0) is 68.2 Å². The summed E-state index contributed by atoms with van der Waals surface area (Å²) in [6, 6.07) is 3.27. The number of primary sulfonamides is 1. The SMILES string of the molecule is Cc1c(OC2CCC(C)C(C)C2)ccc(S(N)(=O)=O)c1C. The average Bonchev–Trinajstić information content (AvgIpc) is 2.38. The van der Waals surface area contributed by atoms with Gasteiger partial charge >= 0.3 is 0 Å². The molecule has 1 aromatic carbocycles. The quantitative estimate of drug-likeness (QED) is 0.932. The van der Waals surface area contributed by atoms with Crippen molar-refractivity contribution in [3.8, 4) is 5.75 Å². The Balaban J connectivity index is 2.21. The van der Waals surface area contributed by atoms with Crippen LogP contribution in [0.5, 0.6) is 5.75 Å². The highest BCUT2D eigenvalue weighted by atomic mass is 32.2. The van der Waals surface area contributed by atoms with E-state index in [1.54, 1.807) is 19.1 Å². The van der Waals surface area contributed by atoms with Crippen LogP contribution < -0.4 is 9.88 Å². The Morgan fingerprint density at radius 2 is 1.76 bits per heavy atom. The van der Waals surface area contributed by atoms with Crippen LogP contribution in [0.15, 0.2) is 17.0 Å². The van der Waals surface area contributed by atoms with E-state index in [-0.39, 0.29) is 11.0 Å². The van der Waals surface area contributed by atoms with Crippen molar-refractivity contribution < 1.29 is 13.2 Å². The number of hydrogen-bond acceptors (Lipinski definition) is 3. The summed E-state index contributed by atoms with van der Waals surface area (Å²) in [5.41, 5.74) is 1.53. The van der Waals surface area contributed by atoms with Gasteiger partial charge in [-0.25, -0.2) is 13.6 Å². The summed E-state index contributed by atoms with van der Waals surface area (Å²) in [4.78, 5) is 0.179. The van der Waals surface area contributed by atoms with Crippen molar-refractivity contribution in [2.24, 2.45) is 17.0 Å². The van der Waals surface area contributed by atoms with Crippen LogP contribution in [-0.4, -0.2) is 14.5 Å². The molecule has 5 heteroatoms. The van der Waals surface area contributed by atoms with Crippen LogP contribution in [0.1, 0.15) is 44.2 Å². The van der Waals surface area contributed by atoms with Gasteiger partial charge in [-0.1, -0.05) is 13.8 Å². The summed E-state index contributed by atoms with van der Waals surface area (Å²) in [6.07, 6.45) is 3.51. The molecule has 0 amide bonds. The van der Waals surface area contributed by atoms with E-state index in [4.69, 9.17) is 9.88 Å². The highest BCUT2D eigenvalue weighted by Gasteiger charge is 2.26. The number of sulfonamides is 1. The minimum atomic E-state index is -3.68. The lowest BCUT2D eigenvalue weighted by molar-refractivity contribution is 0.0998. The van der Waals surface area contributed by atoms with E-state index in [0.29, 0.717) is 11.5 Å². The molecule has 3 atom stereocenters. The van der Waals surface area contributed by atoms with Crippen LogP contribution in [0.2, 0.25) is 0 Å². The summed E-state index contributed by atoms with van der Waals surface area (Å²) in [5.74, 6) is 2.18. The first kappa shape index (κ1) is 16.3. The summed E-state index contributed by atoms with van der Waals surface area (Å²) < 4.78 is 29.2. The number of nitrogens with two attached hydrogens (primary N) is 1. The van der Waals surface area contributed by atoms with Crippen molar-refractivity contribution in [2.45, 2.75) is 58.0 Å². The second-order valence-corrected chi connectivity index (χ2v) is 7.89. The van der Waals surface area contributed by atoms with E-state index < -0.39 is 10.0 Å². The molecule has 1 aromatic rings. The molecular weight excluding hydrogens is 286 g/mol. The molecular formula is C16H25NO3S. The van der Waals surface area contributed by atoms with E-state index in [0.717, 1.165) is 30.1 Å². The van der Waals surface area contributed by atoms with Gasteiger partial charge < -0.3 is 4.74 Å². The fraction of sp³-hybridized carbons (Fsp3) is 0.625. The van der Waals surface area contributed by atoms with Gasteiger partial charge in [-0.15, -0.1) is 0 Å². The Morgan fingerprint density at radius 3 is 2.33 bits per heavy atom. The predicted molar refractivity (Wildman–Crippen MR) is 83.9 cm³/mol. The molecule has 0 saturated heterocycles. The molecule has 0 radical (unpaired) electrons. The van der Waals surface area contributed by atoms with Gasteiger partial charge in [0.2, 0.25) is 10.0 Å². The summed E-state index contributed by atoms with van der Waals surface area (Å²) in [7, 11) is -3.68. The van der Waals surface area contributed by atoms with Gasteiger partial charge in [0.25, 0.3) is 0 Å². The van der Waals surface area contributed by atoms with Crippen molar-refractivity contribution in [2.75, 3.05) is 0 Å². The highest BCUT2D eigenvalue weighted by molar-refractivity contribution is 7.89. The predicted octanol–water partition coefficient (Wildman–Crippen LogP) is 3.15. The number of ether oxygens (including phenoxy) is 1. The van der Waals surface area contributed by atoms with E-state index in [1.807, 2.05) is 6.92 Å². The molecule has 2 rings (SSSR count). The summed E-state index contributed by atoms with van der Waals surface area (Å²) >= 11 is 0.